The van der Waals surface area contributed by atoms with E-state index in [-0.39, 0.29) is 0 Å². The Morgan fingerprint density at radius 3 is 2.69 bits per heavy atom. The Bertz CT molecular complexity index is 544. The van der Waals surface area contributed by atoms with Gasteiger partial charge in [0.1, 0.15) is 12.0 Å². The smallest absolute Gasteiger partial charge is 0.242 e. The third-order valence-electron chi connectivity index (χ3n) is 2.06. The molecule has 78 valence electrons. The summed E-state index contributed by atoms with van der Waals surface area (Å²) in [5.74, 6) is 1.53. The Morgan fingerprint density at radius 1 is 1.06 bits per heavy atom. The van der Waals surface area contributed by atoms with Crippen molar-refractivity contribution in [2.24, 2.45) is 9.98 Å². The number of aromatic nitrogens is 3. The molecule has 0 bridgehead atoms. The molecule has 0 amide bonds. The summed E-state index contributed by atoms with van der Waals surface area (Å²) < 4.78 is 5.15. The summed E-state index contributed by atoms with van der Waals surface area (Å²) in [6.07, 6.45) is 6.40. The van der Waals surface area contributed by atoms with Gasteiger partial charge >= 0.3 is 0 Å². The van der Waals surface area contributed by atoms with Gasteiger partial charge in [0.25, 0.3) is 0 Å². The van der Waals surface area contributed by atoms with Gasteiger partial charge in [-0.2, -0.15) is 0 Å². The normalized spacial score (nSPS) is 14.8. The van der Waals surface area contributed by atoms with Gasteiger partial charge in [-0.1, -0.05) is 0 Å². The van der Waals surface area contributed by atoms with E-state index in [0.29, 0.717) is 29.8 Å². The number of rotatable bonds is 2. The monoisotopic (exact) mass is 213 g/mol. The van der Waals surface area contributed by atoms with Gasteiger partial charge in [0, 0.05) is 12.4 Å². The SMILES string of the molecule is c1cnc(C2=NCC(c3ncco3)=N2)nc1. The van der Waals surface area contributed by atoms with Gasteiger partial charge in [-0.15, -0.1) is 0 Å². The second kappa shape index (κ2) is 3.65. The van der Waals surface area contributed by atoms with Crippen LogP contribution in [0.2, 0.25) is 0 Å². The second-order valence-corrected chi connectivity index (χ2v) is 3.11. The molecule has 1 aliphatic rings. The maximum absolute atomic E-state index is 5.15. The highest BCUT2D eigenvalue weighted by molar-refractivity contribution is 6.14. The fourth-order valence-electron chi connectivity index (χ4n) is 1.37. The van der Waals surface area contributed by atoms with Crippen molar-refractivity contribution >= 4 is 11.5 Å². The van der Waals surface area contributed by atoms with Crippen LogP contribution in [0, 0.1) is 0 Å². The zero-order valence-electron chi connectivity index (χ0n) is 8.24. The van der Waals surface area contributed by atoms with E-state index in [1.807, 2.05) is 0 Å². The van der Waals surface area contributed by atoms with Gasteiger partial charge in [-0.3, -0.25) is 4.99 Å². The van der Waals surface area contributed by atoms with Crippen LogP contribution in [0.1, 0.15) is 11.7 Å². The summed E-state index contributed by atoms with van der Waals surface area (Å²) in [6.45, 7) is 0.452. The van der Waals surface area contributed by atoms with Crippen LogP contribution in [-0.2, 0) is 0 Å². The Labute approximate surface area is 90.8 Å². The molecule has 0 radical (unpaired) electrons. The Hall–Kier alpha value is -2.37. The van der Waals surface area contributed by atoms with E-state index >= 15 is 0 Å². The number of nitrogens with zero attached hydrogens (tertiary/aromatic N) is 5. The Kier molecular flexibility index (Phi) is 2.03. The predicted molar refractivity (Wildman–Crippen MR) is 56.5 cm³/mol. The number of hydrogen-bond acceptors (Lipinski definition) is 6. The molecule has 0 spiro atoms. The predicted octanol–water partition coefficient (Wildman–Crippen LogP) is 0.714. The molecule has 0 aliphatic carbocycles. The molecule has 3 heterocycles. The van der Waals surface area contributed by atoms with E-state index in [4.69, 9.17) is 4.42 Å². The molecule has 0 saturated carbocycles. The van der Waals surface area contributed by atoms with E-state index in [9.17, 15) is 0 Å². The van der Waals surface area contributed by atoms with Gasteiger partial charge in [0.2, 0.25) is 5.89 Å². The largest absolute Gasteiger partial charge is 0.444 e. The van der Waals surface area contributed by atoms with Crippen molar-refractivity contribution in [3.63, 3.8) is 0 Å². The lowest BCUT2D eigenvalue weighted by molar-refractivity contribution is 0.546. The number of hydrogen-bond donors (Lipinski definition) is 0. The molecule has 6 nitrogen and oxygen atoms in total. The van der Waals surface area contributed by atoms with E-state index in [1.165, 1.54) is 6.26 Å². The van der Waals surface area contributed by atoms with Crippen molar-refractivity contribution in [2.45, 2.75) is 0 Å². The van der Waals surface area contributed by atoms with Crippen molar-refractivity contribution in [3.05, 3.63) is 42.6 Å². The molecule has 0 N–H and O–H groups in total. The highest BCUT2D eigenvalue weighted by Gasteiger charge is 2.17. The average molecular weight is 213 g/mol. The quantitative estimate of drug-likeness (QED) is 0.736. The lowest BCUT2D eigenvalue weighted by Gasteiger charge is -1.92. The maximum Gasteiger partial charge on any atom is 0.242 e. The van der Waals surface area contributed by atoms with E-state index in [2.05, 4.69) is 24.9 Å². The van der Waals surface area contributed by atoms with Crippen LogP contribution in [0.4, 0.5) is 0 Å². The minimum Gasteiger partial charge on any atom is -0.444 e. The summed E-state index contributed by atoms with van der Waals surface area (Å²) in [6, 6.07) is 1.75. The molecule has 2 aromatic rings. The van der Waals surface area contributed by atoms with Crippen LogP contribution >= 0.6 is 0 Å². The topological polar surface area (TPSA) is 76.5 Å². The molecular weight excluding hydrogens is 206 g/mol. The third kappa shape index (κ3) is 1.50. The van der Waals surface area contributed by atoms with Crippen molar-refractivity contribution in [3.8, 4) is 0 Å². The van der Waals surface area contributed by atoms with Crippen molar-refractivity contribution in [1.29, 1.82) is 0 Å². The zero-order chi connectivity index (χ0) is 10.8. The van der Waals surface area contributed by atoms with Crippen LogP contribution in [0.25, 0.3) is 0 Å². The Morgan fingerprint density at radius 2 is 1.94 bits per heavy atom. The van der Waals surface area contributed by atoms with Gasteiger partial charge in [-0.05, 0) is 6.07 Å². The summed E-state index contributed by atoms with van der Waals surface area (Å²) in [5, 5.41) is 0. The summed E-state index contributed by atoms with van der Waals surface area (Å²) in [7, 11) is 0. The lowest BCUT2D eigenvalue weighted by atomic mass is 10.4. The van der Waals surface area contributed by atoms with Crippen molar-refractivity contribution < 1.29 is 4.42 Å². The fraction of sp³-hybridized carbons (Fsp3) is 0.100. The number of oxazole rings is 1. The first-order chi connectivity index (χ1) is 7.93. The van der Waals surface area contributed by atoms with E-state index in [0.717, 1.165) is 0 Å². The van der Waals surface area contributed by atoms with Crippen LogP contribution in [-0.4, -0.2) is 33.0 Å². The number of aliphatic imine (C=N–C) groups is 2. The second-order valence-electron chi connectivity index (χ2n) is 3.11. The van der Waals surface area contributed by atoms with Gasteiger partial charge in [0.05, 0.1) is 12.7 Å². The first kappa shape index (κ1) is 8.90. The van der Waals surface area contributed by atoms with E-state index < -0.39 is 0 Å². The highest BCUT2D eigenvalue weighted by atomic mass is 16.3. The first-order valence-corrected chi connectivity index (χ1v) is 4.73. The van der Waals surface area contributed by atoms with Crippen molar-refractivity contribution in [2.75, 3.05) is 6.54 Å². The van der Waals surface area contributed by atoms with E-state index in [1.54, 1.807) is 24.7 Å². The molecule has 0 unspecified atom stereocenters. The summed E-state index contributed by atoms with van der Waals surface area (Å²) >= 11 is 0. The highest BCUT2D eigenvalue weighted by Crippen LogP contribution is 2.08. The molecule has 6 heteroatoms. The van der Waals surface area contributed by atoms with Gasteiger partial charge in [0.15, 0.2) is 11.7 Å². The standard InChI is InChI=1S/C10H7N5O/c1-2-11-8(12-3-1)9-14-6-7(15-9)10-13-4-5-16-10/h1-5H,6H2. The van der Waals surface area contributed by atoms with Crippen molar-refractivity contribution in [1.82, 2.24) is 15.0 Å². The summed E-state index contributed by atoms with van der Waals surface area (Å²) in [4.78, 5) is 20.7. The Balaban J connectivity index is 1.91. The van der Waals surface area contributed by atoms with Crippen LogP contribution < -0.4 is 0 Å². The van der Waals surface area contributed by atoms with Crippen LogP contribution in [0.5, 0.6) is 0 Å². The fourth-order valence-corrected chi connectivity index (χ4v) is 1.37. The third-order valence-corrected chi connectivity index (χ3v) is 2.06. The molecule has 0 atom stereocenters. The van der Waals surface area contributed by atoms with Gasteiger partial charge < -0.3 is 4.42 Å². The minimum absolute atomic E-state index is 0.452. The lowest BCUT2D eigenvalue weighted by Crippen LogP contribution is -2.03. The first-order valence-electron chi connectivity index (χ1n) is 4.73. The van der Waals surface area contributed by atoms with Crippen LogP contribution in [0.3, 0.4) is 0 Å². The molecule has 3 rings (SSSR count). The number of amidine groups is 1. The maximum atomic E-state index is 5.15. The average Bonchev–Trinajstić information content (AvgIpc) is 3.01. The molecule has 0 saturated heterocycles. The molecule has 16 heavy (non-hydrogen) atoms. The van der Waals surface area contributed by atoms with Crippen LogP contribution in [0.15, 0.2) is 45.3 Å². The minimum atomic E-state index is 0.452. The van der Waals surface area contributed by atoms with Gasteiger partial charge in [-0.25, -0.2) is 19.9 Å². The summed E-state index contributed by atoms with van der Waals surface area (Å²) in [5.41, 5.74) is 0.701. The molecule has 0 aromatic carbocycles. The molecule has 1 aliphatic heterocycles. The molecule has 2 aromatic heterocycles. The molecule has 0 fully saturated rings. The zero-order valence-corrected chi connectivity index (χ0v) is 8.24. The molecular formula is C10H7N5O.